The van der Waals surface area contributed by atoms with Crippen molar-refractivity contribution in [3.63, 3.8) is 0 Å². The smallest absolute Gasteiger partial charge is 0.0624 e. The van der Waals surface area contributed by atoms with Gasteiger partial charge in [0.15, 0.2) is 0 Å². The van der Waals surface area contributed by atoms with Gasteiger partial charge in [0, 0.05) is 25.2 Å². The van der Waals surface area contributed by atoms with Crippen LogP contribution in [0.1, 0.15) is 50.9 Å². The van der Waals surface area contributed by atoms with Gasteiger partial charge in [-0.15, -0.1) is 0 Å². The van der Waals surface area contributed by atoms with Crippen molar-refractivity contribution < 1.29 is 0 Å². The minimum absolute atomic E-state index is 0.307. The van der Waals surface area contributed by atoms with E-state index in [9.17, 15) is 0 Å². The molecule has 2 N–H and O–H groups in total. The number of hydrogen-bond acceptors (Lipinski definition) is 2. The largest absolute Gasteiger partial charge is 0.327 e. The molecule has 1 aliphatic rings. The Labute approximate surface area is 111 Å². The van der Waals surface area contributed by atoms with E-state index in [2.05, 4.69) is 25.0 Å². The first-order valence-electron chi connectivity index (χ1n) is 7.41. The molecule has 2 rings (SSSR count). The molecule has 0 amide bonds. The van der Waals surface area contributed by atoms with Crippen molar-refractivity contribution in [1.82, 2.24) is 9.78 Å². The van der Waals surface area contributed by atoms with Crippen LogP contribution >= 0.6 is 0 Å². The van der Waals surface area contributed by atoms with Gasteiger partial charge in [-0.05, 0) is 37.2 Å². The minimum Gasteiger partial charge on any atom is -0.327 e. The molecule has 1 aliphatic carbocycles. The Morgan fingerprint density at radius 3 is 2.78 bits per heavy atom. The van der Waals surface area contributed by atoms with Gasteiger partial charge in [0.05, 0.1) is 5.69 Å². The molecule has 1 fully saturated rings. The van der Waals surface area contributed by atoms with Crippen molar-refractivity contribution in [1.29, 1.82) is 0 Å². The SMILES string of the molecule is CCc1cc(CC(N)C2CCC(CC)C2)n(C)n1. The standard InChI is InChI=1S/C15H27N3/c1-4-11-6-7-12(8-11)15(16)10-14-9-13(5-2)17-18(14)3/h9,11-12,15H,4-8,10,16H2,1-3H3. The second-order valence-electron chi connectivity index (χ2n) is 5.82. The highest BCUT2D eigenvalue weighted by Crippen LogP contribution is 2.35. The number of aromatic nitrogens is 2. The van der Waals surface area contributed by atoms with Crippen LogP contribution in [-0.4, -0.2) is 15.8 Å². The fraction of sp³-hybridized carbons (Fsp3) is 0.800. The lowest BCUT2D eigenvalue weighted by atomic mass is 9.93. The van der Waals surface area contributed by atoms with Crippen LogP contribution in [-0.2, 0) is 19.9 Å². The monoisotopic (exact) mass is 249 g/mol. The summed E-state index contributed by atoms with van der Waals surface area (Å²) in [5.74, 6) is 1.63. The zero-order chi connectivity index (χ0) is 13.1. The molecule has 1 aromatic rings. The van der Waals surface area contributed by atoms with Gasteiger partial charge in [-0.1, -0.05) is 26.7 Å². The summed E-state index contributed by atoms with van der Waals surface area (Å²) in [4.78, 5) is 0. The van der Waals surface area contributed by atoms with Gasteiger partial charge in [0.25, 0.3) is 0 Å². The van der Waals surface area contributed by atoms with Gasteiger partial charge in [0.1, 0.15) is 0 Å². The van der Waals surface area contributed by atoms with Crippen molar-refractivity contribution in [3.8, 4) is 0 Å². The molecule has 18 heavy (non-hydrogen) atoms. The third kappa shape index (κ3) is 2.94. The van der Waals surface area contributed by atoms with Gasteiger partial charge in [-0.3, -0.25) is 4.68 Å². The Hall–Kier alpha value is -0.830. The maximum absolute atomic E-state index is 6.41. The van der Waals surface area contributed by atoms with Crippen LogP contribution in [0, 0.1) is 11.8 Å². The molecule has 0 aliphatic heterocycles. The molecule has 1 heterocycles. The summed E-state index contributed by atoms with van der Waals surface area (Å²) < 4.78 is 2.00. The molecule has 3 unspecified atom stereocenters. The van der Waals surface area contributed by atoms with E-state index < -0.39 is 0 Å². The van der Waals surface area contributed by atoms with E-state index in [-0.39, 0.29) is 0 Å². The molecule has 0 bridgehead atoms. The third-order valence-corrected chi connectivity index (χ3v) is 4.60. The van der Waals surface area contributed by atoms with Crippen molar-refractivity contribution in [2.45, 2.75) is 58.4 Å². The van der Waals surface area contributed by atoms with E-state index >= 15 is 0 Å². The second kappa shape index (κ2) is 5.87. The van der Waals surface area contributed by atoms with Crippen molar-refractivity contribution in [2.24, 2.45) is 24.6 Å². The summed E-state index contributed by atoms with van der Waals surface area (Å²) in [6.45, 7) is 4.45. The number of hydrogen-bond donors (Lipinski definition) is 1. The molecular formula is C15H27N3. The van der Waals surface area contributed by atoms with Crippen LogP contribution in [0.3, 0.4) is 0 Å². The zero-order valence-corrected chi connectivity index (χ0v) is 12.0. The minimum atomic E-state index is 0.307. The van der Waals surface area contributed by atoms with Crippen molar-refractivity contribution in [2.75, 3.05) is 0 Å². The van der Waals surface area contributed by atoms with Gasteiger partial charge in [-0.25, -0.2) is 0 Å². The van der Waals surface area contributed by atoms with Gasteiger partial charge < -0.3 is 5.73 Å². The number of nitrogens with two attached hydrogens (primary N) is 1. The number of rotatable bonds is 5. The van der Waals surface area contributed by atoms with Crippen molar-refractivity contribution in [3.05, 3.63) is 17.5 Å². The quantitative estimate of drug-likeness (QED) is 0.872. The molecule has 102 valence electrons. The Kier molecular flexibility index (Phi) is 4.44. The lowest BCUT2D eigenvalue weighted by molar-refractivity contribution is 0.399. The molecule has 3 atom stereocenters. The summed E-state index contributed by atoms with van der Waals surface area (Å²) in [5.41, 5.74) is 8.88. The molecule has 1 saturated carbocycles. The van der Waals surface area contributed by atoms with Crippen LogP contribution < -0.4 is 5.73 Å². The molecule has 0 spiro atoms. The highest BCUT2D eigenvalue weighted by Gasteiger charge is 2.28. The fourth-order valence-electron chi connectivity index (χ4n) is 3.22. The highest BCUT2D eigenvalue weighted by molar-refractivity contribution is 5.12. The lowest BCUT2D eigenvalue weighted by Crippen LogP contribution is -2.31. The van der Waals surface area contributed by atoms with Gasteiger partial charge in [-0.2, -0.15) is 5.10 Å². The van der Waals surface area contributed by atoms with E-state index in [0.717, 1.165) is 24.7 Å². The van der Waals surface area contributed by atoms with Crippen LogP contribution in [0.15, 0.2) is 6.07 Å². The zero-order valence-electron chi connectivity index (χ0n) is 12.0. The average molecular weight is 249 g/mol. The Balaban J connectivity index is 1.94. The van der Waals surface area contributed by atoms with Crippen LogP contribution in [0.2, 0.25) is 0 Å². The van der Waals surface area contributed by atoms with Crippen LogP contribution in [0.25, 0.3) is 0 Å². The van der Waals surface area contributed by atoms with E-state index in [1.54, 1.807) is 0 Å². The second-order valence-corrected chi connectivity index (χ2v) is 5.82. The first kappa shape index (κ1) is 13.6. The molecule has 1 aromatic heterocycles. The first-order valence-corrected chi connectivity index (χ1v) is 7.41. The van der Waals surface area contributed by atoms with E-state index in [1.807, 2.05) is 11.7 Å². The summed E-state index contributed by atoms with van der Waals surface area (Å²) in [7, 11) is 2.03. The average Bonchev–Trinajstić information content (AvgIpc) is 2.96. The maximum atomic E-state index is 6.41. The maximum Gasteiger partial charge on any atom is 0.0624 e. The molecule has 0 radical (unpaired) electrons. The molecule has 3 heteroatoms. The normalized spacial score (nSPS) is 25.6. The predicted octanol–water partition coefficient (Wildman–Crippen LogP) is 2.68. The summed E-state index contributed by atoms with van der Waals surface area (Å²) >= 11 is 0. The molecular weight excluding hydrogens is 222 g/mol. The molecule has 0 aromatic carbocycles. The van der Waals surface area contributed by atoms with Crippen LogP contribution in [0.4, 0.5) is 0 Å². The summed E-state index contributed by atoms with van der Waals surface area (Å²) in [6.07, 6.45) is 7.32. The van der Waals surface area contributed by atoms with E-state index in [1.165, 1.54) is 37.1 Å². The highest BCUT2D eigenvalue weighted by atomic mass is 15.3. The van der Waals surface area contributed by atoms with Crippen LogP contribution in [0.5, 0.6) is 0 Å². The fourth-order valence-corrected chi connectivity index (χ4v) is 3.22. The third-order valence-electron chi connectivity index (χ3n) is 4.60. The Bertz CT molecular complexity index is 383. The summed E-state index contributed by atoms with van der Waals surface area (Å²) in [6, 6.07) is 2.52. The van der Waals surface area contributed by atoms with E-state index in [0.29, 0.717) is 6.04 Å². The number of nitrogens with zero attached hydrogens (tertiary/aromatic N) is 2. The van der Waals surface area contributed by atoms with Gasteiger partial charge >= 0.3 is 0 Å². The predicted molar refractivity (Wildman–Crippen MR) is 75.4 cm³/mol. The number of aryl methyl sites for hydroxylation is 2. The molecule has 0 saturated heterocycles. The topological polar surface area (TPSA) is 43.8 Å². The molecule has 3 nitrogen and oxygen atoms in total. The first-order chi connectivity index (χ1) is 8.63. The van der Waals surface area contributed by atoms with Gasteiger partial charge in [0.2, 0.25) is 0 Å². The Morgan fingerprint density at radius 2 is 2.22 bits per heavy atom. The van der Waals surface area contributed by atoms with Crippen molar-refractivity contribution >= 4 is 0 Å². The lowest BCUT2D eigenvalue weighted by Gasteiger charge is -2.19. The Morgan fingerprint density at radius 1 is 1.44 bits per heavy atom. The van der Waals surface area contributed by atoms with E-state index in [4.69, 9.17) is 5.73 Å². The summed E-state index contributed by atoms with van der Waals surface area (Å²) in [5, 5.41) is 4.50.